The summed E-state index contributed by atoms with van der Waals surface area (Å²) in [5, 5.41) is 9.50. The number of para-hydroxylation sites is 1. The Morgan fingerprint density at radius 2 is 1.53 bits per heavy atom. The predicted octanol–water partition coefficient (Wildman–Crippen LogP) is 7.86. The van der Waals surface area contributed by atoms with Gasteiger partial charge in [0, 0.05) is 72.6 Å². The number of carbonyl (C=O) groups excluding carboxylic acids is 1. The smallest absolute Gasteiger partial charge is 0.190 e. The third-order valence-electron chi connectivity index (χ3n) is 10.9. The summed E-state index contributed by atoms with van der Waals surface area (Å²) in [6.07, 6.45) is 10.2. The van der Waals surface area contributed by atoms with E-state index in [1.54, 1.807) is 28.7 Å². The zero-order valence-corrected chi connectivity index (χ0v) is 40.2. The van der Waals surface area contributed by atoms with Crippen molar-refractivity contribution in [1.82, 2.24) is 24.4 Å². The number of Topliss-reactive ketones (excluding diaryl/α,β-unsaturated/α-hetero) is 1. The van der Waals surface area contributed by atoms with Crippen LogP contribution in [0, 0.1) is 0 Å². The highest BCUT2D eigenvalue weighted by Crippen LogP contribution is 2.45. The van der Waals surface area contributed by atoms with Crippen molar-refractivity contribution in [1.29, 1.82) is 0 Å². The summed E-state index contributed by atoms with van der Waals surface area (Å²) < 4.78 is 62.2. The van der Waals surface area contributed by atoms with Crippen LogP contribution in [0.2, 0.25) is 51.4 Å². The number of benzene rings is 1. The van der Waals surface area contributed by atoms with Crippen molar-refractivity contribution < 1.29 is 36.9 Å². The van der Waals surface area contributed by atoms with Gasteiger partial charge in [0.25, 0.3) is 0 Å². The molecular weight excluding hydrogens is 817 g/mol. The number of hydrogen-bond acceptors (Lipinski definition) is 12. The number of fused-ring (bicyclic) bond motifs is 1. The number of sulfone groups is 1. The highest BCUT2D eigenvalue weighted by Gasteiger charge is 2.45. The van der Waals surface area contributed by atoms with Crippen molar-refractivity contribution in [3.63, 3.8) is 0 Å². The Balaban J connectivity index is 1.63. The summed E-state index contributed by atoms with van der Waals surface area (Å²) in [5.41, 5.74) is 2.22. The van der Waals surface area contributed by atoms with E-state index >= 15 is 0 Å². The molecule has 1 aromatic carbocycles. The third kappa shape index (κ3) is 12.9. The molecule has 0 N–H and O–H groups in total. The maximum atomic E-state index is 14.3. The van der Waals surface area contributed by atoms with Gasteiger partial charge in [-0.05, 0) is 56.3 Å². The molecule has 0 amide bonds. The molecule has 5 rings (SSSR count). The average Bonchev–Trinajstić information content (AvgIpc) is 3.86. The van der Waals surface area contributed by atoms with Gasteiger partial charge in [0.2, 0.25) is 0 Å². The summed E-state index contributed by atoms with van der Waals surface area (Å²) >= 11 is 0. The van der Waals surface area contributed by atoms with Crippen LogP contribution < -0.4 is 4.90 Å². The van der Waals surface area contributed by atoms with Crippen LogP contribution in [0.15, 0.2) is 53.8 Å². The van der Waals surface area contributed by atoms with Gasteiger partial charge >= 0.3 is 0 Å². The van der Waals surface area contributed by atoms with E-state index in [9.17, 15) is 13.2 Å². The molecule has 0 saturated heterocycles. The van der Waals surface area contributed by atoms with E-state index in [2.05, 4.69) is 51.3 Å². The van der Waals surface area contributed by atoms with Crippen molar-refractivity contribution in [2.75, 3.05) is 71.4 Å². The molecule has 332 valence electrons. The lowest BCUT2D eigenvalue weighted by atomic mass is 9.75. The van der Waals surface area contributed by atoms with Crippen molar-refractivity contribution in [3.8, 4) is 16.8 Å². The molecular formula is C43H68N6O8SSi2. The number of unbranched alkanes of at least 4 members (excludes halogenated alkanes) is 1. The lowest BCUT2D eigenvalue weighted by Gasteiger charge is -2.39. The fourth-order valence-electron chi connectivity index (χ4n) is 7.27. The monoisotopic (exact) mass is 884 g/mol. The van der Waals surface area contributed by atoms with Crippen LogP contribution in [0.5, 0.6) is 0 Å². The topological polar surface area (TPSA) is 149 Å². The number of aromatic nitrogens is 5. The first kappa shape index (κ1) is 47.7. The number of hydrogen-bond donors (Lipinski definition) is 0. The van der Waals surface area contributed by atoms with Gasteiger partial charge in [0.15, 0.2) is 27.1 Å². The van der Waals surface area contributed by atoms with Crippen molar-refractivity contribution in [2.45, 2.75) is 113 Å². The summed E-state index contributed by atoms with van der Waals surface area (Å²) in [5.74, 6) is -0.0799. The molecule has 0 bridgehead atoms. The zero-order chi connectivity index (χ0) is 43.6. The molecule has 0 atom stereocenters. The maximum absolute atomic E-state index is 14.3. The molecule has 1 aliphatic rings. The standard InChI is InChI=1S/C43H68N6O8SSi2/c1-10-11-21-54-31-38(50)43(57-23-22-53-2)19-17-34(18-20-43)39-40(58(3,51)52)42(47(32-55-24-26-59(4,5)6)33-56-25-27-60(7,8)9)49-41(46-39)37(29-45-49)35-28-44-48(30-35)36-15-13-12-14-16-36/h12-16,28-30,34H,10-11,17-27,31-33H2,1-9H3. The maximum Gasteiger partial charge on any atom is 0.190 e. The zero-order valence-electron chi connectivity index (χ0n) is 37.4. The quantitative estimate of drug-likeness (QED) is 0.0363. The second kappa shape index (κ2) is 21.2. The molecule has 0 unspecified atom stereocenters. The Labute approximate surface area is 359 Å². The van der Waals surface area contributed by atoms with Gasteiger partial charge in [0.05, 0.1) is 37.0 Å². The number of rotatable bonds is 25. The van der Waals surface area contributed by atoms with Gasteiger partial charge in [-0.25, -0.2) is 18.1 Å². The summed E-state index contributed by atoms with van der Waals surface area (Å²) in [7, 11) is -5.19. The SMILES string of the molecule is CCCCOCC(=O)C1(OCCOC)CCC(c2nc3c(-c4cnn(-c5ccccc5)c4)cnn3c(N(COCC[Si](C)(C)C)COCC[Si](C)(C)C)c2S(C)(=O)=O)CC1. The van der Waals surface area contributed by atoms with Crippen molar-refractivity contribution in [2.24, 2.45) is 0 Å². The minimum Gasteiger partial charge on any atom is -0.382 e. The first-order valence-corrected chi connectivity index (χ1v) is 30.6. The fraction of sp³-hybridized carbons (Fsp3) is 0.628. The molecule has 3 aromatic heterocycles. The van der Waals surface area contributed by atoms with Crippen LogP contribution >= 0.6 is 0 Å². The number of ether oxygens (including phenoxy) is 5. The van der Waals surface area contributed by atoms with E-state index in [4.69, 9.17) is 33.8 Å². The molecule has 0 spiro atoms. The molecule has 0 radical (unpaired) electrons. The highest BCUT2D eigenvalue weighted by atomic mass is 32.2. The van der Waals surface area contributed by atoms with Crippen LogP contribution in [0.3, 0.4) is 0 Å². The van der Waals surface area contributed by atoms with E-state index in [0.717, 1.165) is 36.2 Å². The van der Waals surface area contributed by atoms with E-state index in [0.29, 0.717) is 74.8 Å². The lowest BCUT2D eigenvalue weighted by molar-refractivity contribution is -0.157. The van der Waals surface area contributed by atoms with Gasteiger partial charge in [-0.1, -0.05) is 70.8 Å². The van der Waals surface area contributed by atoms with E-state index in [-0.39, 0.29) is 43.3 Å². The first-order chi connectivity index (χ1) is 28.5. The van der Waals surface area contributed by atoms with Crippen LogP contribution in [0.4, 0.5) is 5.82 Å². The molecule has 1 fully saturated rings. The fourth-order valence-corrected chi connectivity index (χ4v) is 9.92. The van der Waals surface area contributed by atoms with Crippen LogP contribution in [-0.4, -0.2) is 127 Å². The number of anilines is 1. The minimum atomic E-state index is -3.94. The van der Waals surface area contributed by atoms with Crippen LogP contribution in [0.1, 0.15) is 57.1 Å². The van der Waals surface area contributed by atoms with Crippen LogP contribution in [0.25, 0.3) is 22.5 Å². The van der Waals surface area contributed by atoms with E-state index in [1.807, 2.05) is 41.4 Å². The Bertz CT molecular complexity index is 2070. The molecule has 17 heteroatoms. The number of nitrogens with zero attached hydrogens (tertiary/aromatic N) is 6. The van der Waals surface area contributed by atoms with Gasteiger partial charge in [0.1, 0.15) is 30.6 Å². The van der Waals surface area contributed by atoms with Crippen molar-refractivity contribution in [3.05, 3.63) is 54.6 Å². The number of methoxy groups -OCH3 is 1. The summed E-state index contributed by atoms with van der Waals surface area (Å²) in [6, 6.07) is 11.7. The van der Waals surface area contributed by atoms with Crippen molar-refractivity contribution >= 4 is 43.2 Å². The lowest BCUT2D eigenvalue weighted by Crippen LogP contribution is -2.47. The second-order valence-corrected chi connectivity index (χ2v) is 31.6. The first-order valence-electron chi connectivity index (χ1n) is 21.3. The Morgan fingerprint density at radius 1 is 0.883 bits per heavy atom. The minimum absolute atomic E-state index is 0.0409. The predicted molar refractivity (Wildman–Crippen MR) is 242 cm³/mol. The third-order valence-corrected chi connectivity index (χ3v) is 15.4. The summed E-state index contributed by atoms with van der Waals surface area (Å²) in [4.78, 5) is 21.0. The largest absolute Gasteiger partial charge is 0.382 e. The van der Waals surface area contributed by atoms with Gasteiger partial charge < -0.3 is 28.6 Å². The van der Waals surface area contributed by atoms with E-state index in [1.165, 1.54) is 6.26 Å². The molecule has 0 aliphatic heterocycles. The molecule has 1 saturated carbocycles. The average molecular weight is 885 g/mol. The number of ketones is 1. The highest BCUT2D eigenvalue weighted by molar-refractivity contribution is 7.91. The van der Waals surface area contributed by atoms with E-state index < -0.39 is 31.6 Å². The second-order valence-electron chi connectivity index (χ2n) is 18.4. The van der Waals surface area contributed by atoms with Crippen LogP contribution in [-0.2, 0) is 38.3 Å². The number of carbonyl (C=O) groups is 1. The molecule has 4 aromatic rings. The van der Waals surface area contributed by atoms with Gasteiger partial charge in [-0.2, -0.15) is 14.7 Å². The summed E-state index contributed by atoms with van der Waals surface area (Å²) in [6.45, 7) is 18.2. The molecule has 60 heavy (non-hydrogen) atoms. The molecule has 3 heterocycles. The molecule has 1 aliphatic carbocycles. The Morgan fingerprint density at radius 3 is 2.12 bits per heavy atom. The molecule has 14 nitrogen and oxygen atoms in total. The van der Waals surface area contributed by atoms with Gasteiger partial charge in [-0.3, -0.25) is 4.79 Å². The van der Waals surface area contributed by atoms with Gasteiger partial charge in [-0.15, -0.1) is 0 Å². The normalized spacial score (nSPS) is 17.7. The Kier molecular flexibility index (Phi) is 16.9. The Hall–Kier alpha value is -3.30.